The van der Waals surface area contributed by atoms with Crippen LogP contribution in [0.15, 0.2) is 42.6 Å². The molecule has 1 aromatic carbocycles. The normalized spacial score (nSPS) is 12.3. The van der Waals surface area contributed by atoms with E-state index in [1.54, 1.807) is 6.20 Å². The maximum Gasteiger partial charge on any atom is 0.162 e. The Kier molecular flexibility index (Phi) is 5.01. The standard InChI is InChI=1S/C15H19N3O/c1-3-19-14(12-7-5-4-6-8-12)15-17-10-9-13(18-15)11-16-2/h4-10,14,16H,3,11H2,1-2H3. The summed E-state index contributed by atoms with van der Waals surface area (Å²) in [5, 5.41) is 3.09. The topological polar surface area (TPSA) is 47.0 Å². The molecule has 0 radical (unpaired) electrons. The van der Waals surface area contributed by atoms with Crippen molar-refractivity contribution in [2.24, 2.45) is 0 Å². The Morgan fingerprint density at radius 2 is 2.00 bits per heavy atom. The molecule has 1 N–H and O–H groups in total. The molecular formula is C15H19N3O. The molecule has 0 amide bonds. The van der Waals surface area contributed by atoms with E-state index in [1.165, 1.54) is 0 Å². The number of rotatable bonds is 6. The molecule has 2 aromatic rings. The summed E-state index contributed by atoms with van der Waals surface area (Å²) in [4.78, 5) is 8.91. The van der Waals surface area contributed by atoms with Crippen LogP contribution in [0.3, 0.4) is 0 Å². The van der Waals surface area contributed by atoms with Crippen molar-refractivity contribution in [3.8, 4) is 0 Å². The molecule has 4 nitrogen and oxygen atoms in total. The minimum Gasteiger partial charge on any atom is -0.366 e. The van der Waals surface area contributed by atoms with Crippen molar-refractivity contribution >= 4 is 0 Å². The summed E-state index contributed by atoms with van der Waals surface area (Å²) >= 11 is 0. The van der Waals surface area contributed by atoms with Gasteiger partial charge in [0.25, 0.3) is 0 Å². The van der Waals surface area contributed by atoms with E-state index in [9.17, 15) is 0 Å². The Labute approximate surface area is 113 Å². The van der Waals surface area contributed by atoms with Crippen LogP contribution in [0.25, 0.3) is 0 Å². The van der Waals surface area contributed by atoms with Gasteiger partial charge in [0, 0.05) is 19.3 Å². The van der Waals surface area contributed by atoms with E-state index in [0.29, 0.717) is 12.4 Å². The van der Waals surface area contributed by atoms with Crippen molar-refractivity contribution < 1.29 is 4.74 Å². The number of nitrogens with zero attached hydrogens (tertiary/aromatic N) is 2. The van der Waals surface area contributed by atoms with Gasteiger partial charge in [-0.3, -0.25) is 0 Å². The quantitative estimate of drug-likeness (QED) is 0.862. The van der Waals surface area contributed by atoms with Gasteiger partial charge in [0.1, 0.15) is 6.10 Å². The van der Waals surface area contributed by atoms with Gasteiger partial charge >= 0.3 is 0 Å². The third-order valence-electron chi connectivity index (χ3n) is 2.76. The second-order valence-corrected chi connectivity index (χ2v) is 4.18. The predicted octanol–water partition coefficient (Wildman–Crippen LogP) is 2.32. The van der Waals surface area contributed by atoms with Crippen LogP contribution in [0.2, 0.25) is 0 Å². The Balaban J connectivity index is 2.31. The molecule has 1 unspecified atom stereocenters. The highest BCUT2D eigenvalue weighted by Crippen LogP contribution is 2.22. The van der Waals surface area contributed by atoms with Gasteiger partial charge in [0.2, 0.25) is 0 Å². The third-order valence-corrected chi connectivity index (χ3v) is 2.76. The summed E-state index contributed by atoms with van der Waals surface area (Å²) < 4.78 is 5.80. The first-order valence-corrected chi connectivity index (χ1v) is 6.48. The Morgan fingerprint density at radius 1 is 1.21 bits per heavy atom. The first kappa shape index (κ1) is 13.6. The fraction of sp³-hybridized carbons (Fsp3) is 0.333. The zero-order valence-electron chi connectivity index (χ0n) is 11.3. The highest BCUT2D eigenvalue weighted by atomic mass is 16.5. The van der Waals surface area contributed by atoms with Crippen LogP contribution in [0, 0.1) is 0 Å². The highest BCUT2D eigenvalue weighted by molar-refractivity contribution is 5.23. The van der Waals surface area contributed by atoms with Crippen LogP contribution < -0.4 is 5.32 Å². The molecule has 0 saturated heterocycles. The van der Waals surface area contributed by atoms with Gasteiger partial charge in [-0.1, -0.05) is 30.3 Å². The zero-order chi connectivity index (χ0) is 13.5. The van der Waals surface area contributed by atoms with Gasteiger partial charge in [0.15, 0.2) is 5.82 Å². The van der Waals surface area contributed by atoms with Crippen LogP contribution in [0.4, 0.5) is 0 Å². The lowest BCUT2D eigenvalue weighted by Crippen LogP contribution is -2.13. The number of nitrogens with one attached hydrogen (secondary N) is 1. The van der Waals surface area contributed by atoms with E-state index in [-0.39, 0.29) is 6.10 Å². The van der Waals surface area contributed by atoms with E-state index in [0.717, 1.165) is 17.8 Å². The minimum atomic E-state index is -0.206. The van der Waals surface area contributed by atoms with Gasteiger partial charge in [-0.15, -0.1) is 0 Å². The zero-order valence-corrected chi connectivity index (χ0v) is 11.3. The molecule has 2 rings (SSSR count). The van der Waals surface area contributed by atoms with Crippen molar-refractivity contribution in [1.82, 2.24) is 15.3 Å². The van der Waals surface area contributed by atoms with Gasteiger partial charge in [-0.25, -0.2) is 9.97 Å². The summed E-state index contributed by atoms with van der Waals surface area (Å²) in [6.07, 6.45) is 1.58. The highest BCUT2D eigenvalue weighted by Gasteiger charge is 2.17. The lowest BCUT2D eigenvalue weighted by Gasteiger charge is -2.16. The first-order valence-electron chi connectivity index (χ1n) is 6.48. The van der Waals surface area contributed by atoms with Gasteiger partial charge in [-0.05, 0) is 25.6 Å². The molecule has 0 spiro atoms. The Morgan fingerprint density at radius 3 is 2.68 bits per heavy atom. The smallest absolute Gasteiger partial charge is 0.162 e. The summed E-state index contributed by atoms with van der Waals surface area (Å²) in [7, 11) is 1.90. The van der Waals surface area contributed by atoms with Crippen LogP contribution in [-0.2, 0) is 11.3 Å². The van der Waals surface area contributed by atoms with Crippen molar-refractivity contribution in [3.63, 3.8) is 0 Å². The van der Waals surface area contributed by atoms with Crippen LogP contribution >= 0.6 is 0 Å². The second-order valence-electron chi connectivity index (χ2n) is 4.18. The van der Waals surface area contributed by atoms with Crippen LogP contribution in [-0.4, -0.2) is 23.6 Å². The van der Waals surface area contributed by atoms with Crippen molar-refractivity contribution in [2.75, 3.05) is 13.7 Å². The summed E-state index contributed by atoms with van der Waals surface area (Å²) in [6.45, 7) is 3.33. The van der Waals surface area contributed by atoms with Gasteiger partial charge in [0.05, 0.1) is 5.69 Å². The first-order chi connectivity index (χ1) is 9.35. The molecule has 1 aromatic heterocycles. The molecule has 19 heavy (non-hydrogen) atoms. The maximum atomic E-state index is 5.80. The molecular weight excluding hydrogens is 238 g/mol. The summed E-state index contributed by atoms with van der Waals surface area (Å²) in [5.41, 5.74) is 2.04. The average molecular weight is 257 g/mol. The van der Waals surface area contributed by atoms with E-state index in [4.69, 9.17) is 4.74 Å². The Hall–Kier alpha value is -1.78. The minimum absolute atomic E-state index is 0.206. The fourth-order valence-electron chi connectivity index (χ4n) is 1.93. The lowest BCUT2D eigenvalue weighted by molar-refractivity contribution is 0.0849. The van der Waals surface area contributed by atoms with Crippen LogP contribution in [0.5, 0.6) is 0 Å². The van der Waals surface area contributed by atoms with E-state index in [2.05, 4.69) is 15.3 Å². The fourth-order valence-corrected chi connectivity index (χ4v) is 1.93. The van der Waals surface area contributed by atoms with Crippen molar-refractivity contribution in [3.05, 3.63) is 59.7 Å². The molecule has 1 heterocycles. The largest absolute Gasteiger partial charge is 0.366 e. The summed E-state index contributed by atoms with van der Waals surface area (Å²) in [5.74, 6) is 0.709. The maximum absolute atomic E-state index is 5.80. The van der Waals surface area contributed by atoms with Crippen molar-refractivity contribution in [1.29, 1.82) is 0 Å². The molecule has 0 aliphatic rings. The molecule has 1 atom stereocenters. The summed E-state index contributed by atoms with van der Waals surface area (Å²) in [6, 6.07) is 12.0. The third kappa shape index (κ3) is 3.59. The molecule has 0 aliphatic heterocycles. The predicted molar refractivity (Wildman–Crippen MR) is 74.7 cm³/mol. The van der Waals surface area contributed by atoms with Crippen LogP contribution in [0.1, 0.15) is 30.1 Å². The number of benzene rings is 1. The average Bonchev–Trinajstić information content (AvgIpc) is 2.46. The van der Waals surface area contributed by atoms with E-state index >= 15 is 0 Å². The molecule has 0 saturated carbocycles. The second kappa shape index (κ2) is 6.97. The SMILES string of the molecule is CCOC(c1ccccc1)c1nccc(CNC)n1. The molecule has 4 heteroatoms. The number of hydrogen-bond acceptors (Lipinski definition) is 4. The van der Waals surface area contributed by atoms with Gasteiger partial charge in [-0.2, -0.15) is 0 Å². The monoisotopic (exact) mass is 257 g/mol. The lowest BCUT2D eigenvalue weighted by atomic mass is 10.1. The molecule has 0 aliphatic carbocycles. The van der Waals surface area contributed by atoms with E-state index < -0.39 is 0 Å². The molecule has 100 valence electrons. The van der Waals surface area contributed by atoms with Gasteiger partial charge < -0.3 is 10.1 Å². The Bertz CT molecular complexity index is 502. The van der Waals surface area contributed by atoms with Crippen molar-refractivity contribution in [2.45, 2.75) is 19.6 Å². The van der Waals surface area contributed by atoms with E-state index in [1.807, 2.05) is 50.4 Å². The number of aromatic nitrogens is 2. The number of ether oxygens (including phenoxy) is 1. The number of hydrogen-bond donors (Lipinski definition) is 1. The molecule has 0 bridgehead atoms. The molecule has 0 fully saturated rings.